The Labute approximate surface area is 264 Å². The number of methoxy groups -OCH3 is 4. The van der Waals surface area contributed by atoms with Crippen molar-refractivity contribution in [2.75, 3.05) is 85.4 Å². The summed E-state index contributed by atoms with van der Waals surface area (Å²) >= 11 is 6.36. The summed E-state index contributed by atoms with van der Waals surface area (Å²) in [7, 11) is 5.92. The third kappa shape index (κ3) is 6.34. The number of aromatic amines is 2. The van der Waals surface area contributed by atoms with E-state index in [4.69, 9.17) is 44.8 Å². The van der Waals surface area contributed by atoms with Crippen LogP contribution in [0.15, 0.2) is 24.3 Å². The summed E-state index contributed by atoms with van der Waals surface area (Å²) in [4.78, 5) is 33.8. The SMILES string of the molecule is COCCOCCOCCOc1c(OC)cc2cc(C(=O)N3C[C@@H](CCl)c4c3cc(O)c3[nH]c(C(=O)OC)cc43)[nH]c2c1OC. The second-order valence-electron chi connectivity index (χ2n) is 10.2. The van der Waals surface area contributed by atoms with E-state index in [1.54, 1.807) is 30.2 Å². The third-order valence-electron chi connectivity index (χ3n) is 7.58. The lowest BCUT2D eigenvalue weighted by atomic mass is 9.98. The van der Waals surface area contributed by atoms with Crippen LogP contribution in [0, 0.1) is 0 Å². The molecule has 1 aliphatic rings. The maximum absolute atomic E-state index is 14.0. The Balaban J connectivity index is 1.40. The number of ether oxygens (including phenoxy) is 7. The largest absolute Gasteiger partial charge is 0.506 e. The number of benzene rings is 2. The van der Waals surface area contributed by atoms with Gasteiger partial charge in [-0.2, -0.15) is 0 Å². The number of rotatable bonds is 15. The van der Waals surface area contributed by atoms with Gasteiger partial charge in [-0.3, -0.25) is 4.79 Å². The van der Waals surface area contributed by atoms with Crippen LogP contribution in [0.2, 0.25) is 0 Å². The number of carbonyl (C=O) groups excluding carboxylic acids is 2. The molecule has 0 unspecified atom stereocenters. The number of esters is 1. The van der Waals surface area contributed by atoms with Crippen LogP contribution in [0.4, 0.5) is 5.69 Å². The number of phenolic OH excluding ortho intramolecular Hbond substituents is 1. The lowest BCUT2D eigenvalue weighted by Crippen LogP contribution is -2.30. The molecule has 45 heavy (non-hydrogen) atoms. The summed E-state index contributed by atoms with van der Waals surface area (Å²) in [6.45, 7) is 2.69. The number of aromatic nitrogens is 2. The molecule has 0 bridgehead atoms. The van der Waals surface area contributed by atoms with Gasteiger partial charge in [0.2, 0.25) is 5.75 Å². The number of fused-ring (bicyclic) bond motifs is 4. The minimum Gasteiger partial charge on any atom is -0.506 e. The van der Waals surface area contributed by atoms with Crippen molar-refractivity contribution in [2.45, 2.75) is 5.92 Å². The zero-order chi connectivity index (χ0) is 32.1. The average Bonchev–Trinajstić information content (AvgIpc) is 3.78. The molecule has 1 atom stereocenters. The highest BCUT2D eigenvalue weighted by molar-refractivity contribution is 6.19. The van der Waals surface area contributed by atoms with E-state index in [0.29, 0.717) is 77.8 Å². The van der Waals surface area contributed by atoms with Gasteiger partial charge in [0, 0.05) is 42.3 Å². The molecule has 0 saturated heterocycles. The van der Waals surface area contributed by atoms with Gasteiger partial charge in [0.1, 0.15) is 23.7 Å². The average molecular weight is 646 g/mol. The first-order valence-electron chi connectivity index (χ1n) is 14.3. The summed E-state index contributed by atoms with van der Waals surface area (Å²) in [5, 5.41) is 12.1. The molecule has 1 aliphatic heterocycles. The van der Waals surface area contributed by atoms with Crippen LogP contribution in [0.25, 0.3) is 21.8 Å². The zero-order valence-corrected chi connectivity index (χ0v) is 26.2. The number of phenols is 1. The number of nitrogens with one attached hydrogen (secondary N) is 2. The predicted octanol–water partition coefficient (Wildman–Crippen LogP) is 4.20. The maximum atomic E-state index is 14.0. The molecule has 3 N–H and O–H groups in total. The van der Waals surface area contributed by atoms with Gasteiger partial charge in [0.05, 0.1) is 71.1 Å². The summed E-state index contributed by atoms with van der Waals surface area (Å²) in [5.41, 5.74) is 2.64. The number of amides is 1. The van der Waals surface area contributed by atoms with Crippen molar-refractivity contribution in [1.29, 1.82) is 0 Å². The minimum atomic E-state index is -0.575. The monoisotopic (exact) mass is 645 g/mol. The number of nitrogens with zero attached hydrogens (tertiary/aromatic N) is 1. The Kier molecular flexibility index (Phi) is 10.2. The fourth-order valence-electron chi connectivity index (χ4n) is 5.50. The number of aromatic hydroxyl groups is 1. The van der Waals surface area contributed by atoms with Gasteiger partial charge in [-0.1, -0.05) is 0 Å². The number of H-pyrrole nitrogens is 2. The number of carbonyl (C=O) groups is 2. The Morgan fingerprint density at radius 2 is 1.60 bits per heavy atom. The van der Waals surface area contributed by atoms with E-state index in [0.717, 1.165) is 5.56 Å². The standard InChI is InChI=1S/C31H36ClN3O10/c1-39-5-6-43-7-8-44-9-10-45-28-24(40-2)12-17-11-20(33-26(17)29(28)41-3)30(37)35-16-18(15-32)25-19-13-21(31(38)42-4)34-27(19)23(36)14-22(25)35/h11-14,18,33-34,36H,5-10,15-16H2,1-4H3/t18-/m1/s1. The summed E-state index contributed by atoms with van der Waals surface area (Å²) in [6.07, 6.45) is 0. The molecule has 2 aromatic heterocycles. The van der Waals surface area contributed by atoms with Gasteiger partial charge in [-0.05, 0) is 23.8 Å². The number of hydrogen-bond acceptors (Lipinski definition) is 10. The van der Waals surface area contributed by atoms with Gasteiger partial charge >= 0.3 is 5.97 Å². The van der Waals surface area contributed by atoms with Crippen LogP contribution in [0.3, 0.4) is 0 Å². The van der Waals surface area contributed by atoms with Crippen LogP contribution in [0.1, 0.15) is 32.5 Å². The predicted molar refractivity (Wildman–Crippen MR) is 167 cm³/mol. The van der Waals surface area contributed by atoms with E-state index < -0.39 is 5.97 Å². The molecule has 14 heteroatoms. The van der Waals surface area contributed by atoms with E-state index in [2.05, 4.69) is 9.97 Å². The van der Waals surface area contributed by atoms with Crippen molar-refractivity contribution in [3.8, 4) is 23.0 Å². The molecule has 0 aliphatic carbocycles. The fraction of sp³-hybridized carbons (Fsp3) is 0.419. The van der Waals surface area contributed by atoms with E-state index in [9.17, 15) is 14.7 Å². The molecule has 1 amide bonds. The van der Waals surface area contributed by atoms with Gasteiger partial charge < -0.3 is 53.1 Å². The molecule has 4 aromatic rings. The Bertz CT molecular complexity index is 1680. The second kappa shape index (κ2) is 14.3. The lowest BCUT2D eigenvalue weighted by molar-refractivity contribution is 0.0176. The Hall–Kier alpha value is -4.17. The number of hydrogen-bond donors (Lipinski definition) is 3. The molecule has 13 nitrogen and oxygen atoms in total. The summed E-state index contributed by atoms with van der Waals surface area (Å²) < 4.78 is 38.0. The summed E-state index contributed by atoms with van der Waals surface area (Å²) in [5.74, 6) is 0.111. The van der Waals surface area contributed by atoms with Crippen LogP contribution in [0.5, 0.6) is 23.0 Å². The van der Waals surface area contributed by atoms with Gasteiger partial charge in [0.15, 0.2) is 11.5 Å². The van der Waals surface area contributed by atoms with Gasteiger partial charge in [0.25, 0.3) is 5.91 Å². The van der Waals surface area contributed by atoms with Gasteiger partial charge in [-0.15, -0.1) is 11.6 Å². The highest BCUT2D eigenvalue weighted by atomic mass is 35.5. The van der Waals surface area contributed by atoms with Crippen LogP contribution in [-0.2, 0) is 18.9 Å². The molecule has 0 saturated carbocycles. The van der Waals surface area contributed by atoms with Crippen LogP contribution < -0.4 is 19.1 Å². The molecule has 0 spiro atoms. The van der Waals surface area contributed by atoms with E-state index in [-0.39, 0.29) is 48.0 Å². The number of anilines is 1. The number of alkyl halides is 1. The van der Waals surface area contributed by atoms with Crippen LogP contribution >= 0.6 is 11.6 Å². The highest BCUT2D eigenvalue weighted by Gasteiger charge is 2.36. The summed E-state index contributed by atoms with van der Waals surface area (Å²) in [6, 6.07) is 6.58. The number of halogens is 1. The first kappa shape index (κ1) is 32.2. The molecule has 0 radical (unpaired) electrons. The second-order valence-corrected chi connectivity index (χ2v) is 10.5. The first-order valence-corrected chi connectivity index (χ1v) is 14.8. The van der Waals surface area contributed by atoms with Gasteiger partial charge in [-0.25, -0.2) is 4.79 Å². The third-order valence-corrected chi connectivity index (χ3v) is 7.95. The first-order chi connectivity index (χ1) is 21.9. The zero-order valence-electron chi connectivity index (χ0n) is 25.5. The molecule has 3 heterocycles. The lowest BCUT2D eigenvalue weighted by Gasteiger charge is -2.17. The molecule has 242 valence electrons. The van der Waals surface area contributed by atoms with Crippen molar-refractivity contribution in [3.05, 3.63) is 41.2 Å². The Morgan fingerprint density at radius 1 is 0.889 bits per heavy atom. The van der Waals surface area contributed by atoms with Crippen molar-refractivity contribution >= 4 is 51.0 Å². The maximum Gasteiger partial charge on any atom is 0.354 e. The van der Waals surface area contributed by atoms with Crippen molar-refractivity contribution < 1.29 is 47.9 Å². The quantitative estimate of drug-likeness (QED) is 0.0974. The van der Waals surface area contributed by atoms with E-state index in [1.165, 1.54) is 27.4 Å². The molecule has 2 aromatic carbocycles. The van der Waals surface area contributed by atoms with Crippen LogP contribution in [-0.4, -0.2) is 107 Å². The molecule has 0 fully saturated rings. The Morgan fingerprint density at radius 3 is 2.27 bits per heavy atom. The molecular formula is C31H36ClN3O10. The fourth-order valence-corrected chi connectivity index (χ4v) is 5.75. The van der Waals surface area contributed by atoms with Crippen molar-refractivity contribution in [2.24, 2.45) is 0 Å². The minimum absolute atomic E-state index is 0.112. The molecule has 5 rings (SSSR count). The van der Waals surface area contributed by atoms with E-state index >= 15 is 0 Å². The van der Waals surface area contributed by atoms with E-state index in [1.807, 2.05) is 0 Å². The van der Waals surface area contributed by atoms with Crippen molar-refractivity contribution in [1.82, 2.24) is 9.97 Å². The topological polar surface area (TPSA) is 154 Å². The normalized spacial score (nSPS) is 14.2. The molecular weight excluding hydrogens is 610 g/mol. The highest BCUT2D eigenvalue weighted by Crippen LogP contribution is 2.47. The smallest absolute Gasteiger partial charge is 0.354 e. The van der Waals surface area contributed by atoms with Crippen molar-refractivity contribution in [3.63, 3.8) is 0 Å².